The van der Waals surface area contributed by atoms with Gasteiger partial charge >= 0.3 is 19.4 Å². The third-order valence-electron chi connectivity index (χ3n) is 10.1. The van der Waals surface area contributed by atoms with Gasteiger partial charge in [0.1, 0.15) is 41.3 Å². The van der Waals surface area contributed by atoms with Gasteiger partial charge in [0.25, 0.3) is 5.85 Å². The van der Waals surface area contributed by atoms with Crippen molar-refractivity contribution < 1.29 is 47.0 Å². The normalized spacial score (nSPS) is 22.4. The maximum Gasteiger partial charge on any atom is 0.491 e. The molecule has 0 aliphatic carbocycles. The van der Waals surface area contributed by atoms with Crippen molar-refractivity contribution in [1.29, 1.82) is 0 Å². The predicted molar refractivity (Wildman–Crippen MR) is 214 cm³/mol. The number of rotatable bonds is 16. The minimum atomic E-state index is -4.61. The highest BCUT2D eigenvalue weighted by Gasteiger charge is 2.69. The van der Waals surface area contributed by atoms with Crippen LogP contribution in [0, 0.1) is 0 Å². The van der Waals surface area contributed by atoms with Crippen molar-refractivity contribution >= 4 is 31.3 Å². The number of halogens is 1. The molecule has 0 bridgehead atoms. The summed E-state index contributed by atoms with van der Waals surface area (Å²) in [5, 5.41) is 17.1. The molecule has 58 heavy (non-hydrogen) atoms. The molecule has 4 aromatic carbocycles. The molecule has 3 heterocycles. The van der Waals surface area contributed by atoms with Crippen LogP contribution < -0.4 is 30.3 Å². The van der Waals surface area contributed by atoms with E-state index in [0.717, 1.165) is 21.3 Å². The zero-order valence-corrected chi connectivity index (χ0v) is 33.5. The summed E-state index contributed by atoms with van der Waals surface area (Å²) in [6, 6.07) is 34.1. The maximum atomic E-state index is 16.9. The number of thioether (sulfide) groups is 1. The third-order valence-corrected chi connectivity index (χ3v) is 12.9. The number of anilines is 1. The smallest absolute Gasteiger partial charge is 0.491 e. The van der Waals surface area contributed by atoms with E-state index in [-0.39, 0.29) is 24.4 Å². The summed E-state index contributed by atoms with van der Waals surface area (Å²) in [6.07, 6.45) is -1.57. The van der Waals surface area contributed by atoms with Gasteiger partial charge in [-0.15, -0.1) is 11.8 Å². The highest BCUT2D eigenvalue weighted by Crippen LogP contribution is 2.60. The fourth-order valence-corrected chi connectivity index (χ4v) is 9.40. The number of aromatic nitrogens is 2. The Balaban J connectivity index is 1.21. The van der Waals surface area contributed by atoms with Gasteiger partial charge < -0.3 is 34.0 Å². The lowest BCUT2D eigenvalue weighted by Gasteiger charge is -2.43. The van der Waals surface area contributed by atoms with Gasteiger partial charge in [-0.2, -0.15) is 4.98 Å². The van der Waals surface area contributed by atoms with Gasteiger partial charge in [-0.1, -0.05) is 79.7 Å². The number of alkyl halides is 1. The zero-order valence-electron chi connectivity index (χ0n) is 31.8. The Morgan fingerprint density at radius 3 is 2.02 bits per heavy atom. The second kappa shape index (κ2) is 16.9. The van der Waals surface area contributed by atoms with Crippen molar-refractivity contribution in [2.45, 2.75) is 48.2 Å². The molecule has 0 saturated carbocycles. The number of carbonyl (C=O) groups is 1. The fourth-order valence-electron chi connectivity index (χ4n) is 6.99. The van der Waals surface area contributed by atoms with Crippen molar-refractivity contribution in [1.82, 2.24) is 14.8 Å². The summed E-state index contributed by atoms with van der Waals surface area (Å²) < 4.78 is 58.2. The van der Waals surface area contributed by atoms with E-state index in [4.69, 9.17) is 28.1 Å². The van der Waals surface area contributed by atoms with Crippen LogP contribution in [0.5, 0.6) is 17.2 Å². The Hall–Kier alpha value is -5.22. The highest BCUT2D eigenvalue weighted by atomic mass is 32.2. The molecule has 14 nitrogen and oxygen atoms in total. The summed E-state index contributed by atoms with van der Waals surface area (Å²) in [4.78, 5) is 35.2. The topological polar surface area (TPSA) is 169 Å². The monoisotopic (exact) mass is 832 g/mol. The number of methoxy groups -OCH3 is 2. The van der Waals surface area contributed by atoms with Crippen LogP contribution in [-0.2, 0) is 29.0 Å². The van der Waals surface area contributed by atoms with E-state index in [2.05, 4.69) is 10.3 Å². The number of para-hydroxylation sites is 1. The molecule has 2 aliphatic rings. The van der Waals surface area contributed by atoms with E-state index >= 15 is 4.39 Å². The van der Waals surface area contributed by atoms with Crippen LogP contribution in [0.3, 0.4) is 0 Å². The van der Waals surface area contributed by atoms with Gasteiger partial charge in [0.05, 0.1) is 19.0 Å². The first kappa shape index (κ1) is 41.0. The summed E-state index contributed by atoms with van der Waals surface area (Å²) in [7, 11) is -1.44. The largest absolute Gasteiger partial charge is 0.497 e. The molecule has 2 fully saturated rings. The molecule has 7 rings (SSSR count). The Bertz CT molecular complexity index is 2260. The zero-order chi connectivity index (χ0) is 41.0. The van der Waals surface area contributed by atoms with Crippen LogP contribution in [0.15, 0.2) is 126 Å². The van der Waals surface area contributed by atoms with Gasteiger partial charge in [0, 0.05) is 12.6 Å². The molecule has 3 N–H and O–H groups in total. The van der Waals surface area contributed by atoms with Crippen molar-refractivity contribution in [3.8, 4) is 17.2 Å². The molecule has 2 aliphatic heterocycles. The summed E-state index contributed by atoms with van der Waals surface area (Å²) in [6.45, 7) is 0.392. The predicted octanol–water partition coefficient (Wildman–Crippen LogP) is 6.76. The summed E-state index contributed by atoms with van der Waals surface area (Å²) >= 11 is 1.22. The second-order valence-electron chi connectivity index (χ2n) is 13.5. The Labute approximate surface area is 338 Å². The molecule has 5 atom stereocenters. The van der Waals surface area contributed by atoms with E-state index in [1.165, 1.54) is 37.0 Å². The molecule has 1 unspecified atom stereocenters. The first-order chi connectivity index (χ1) is 28.0. The molecule has 0 radical (unpaired) electrons. The lowest BCUT2D eigenvalue weighted by Crippen LogP contribution is -2.54. The van der Waals surface area contributed by atoms with Crippen molar-refractivity contribution in [3.63, 3.8) is 0 Å². The molecular weight excluding hydrogens is 791 g/mol. The SMILES string of the molecule is CCC(=O)ONP(=O)(OC[C@@]1(F)O[C@@H](n2ccc(NC(c3ccccc3)(c3ccc(OC)cc3)c3ccc(OC)cc3)nc2=O)[C@@]2(CCS2)[C@@H]1O)Oc1ccccc1. The van der Waals surface area contributed by atoms with Gasteiger partial charge in [-0.25, -0.2) is 13.8 Å². The molecule has 1 aromatic heterocycles. The first-order valence-electron chi connectivity index (χ1n) is 18.3. The van der Waals surface area contributed by atoms with Crippen LogP contribution in [0.2, 0.25) is 0 Å². The quantitative estimate of drug-likeness (QED) is 0.0542. The number of nitrogens with zero attached hydrogens (tertiary/aromatic N) is 2. The maximum absolute atomic E-state index is 16.9. The molecule has 1 spiro atoms. The van der Waals surface area contributed by atoms with Crippen LogP contribution in [0.25, 0.3) is 0 Å². The van der Waals surface area contributed by atoms with Crippen LogP contribution in [-0.4, -0.2) is 63.9 Å². The van der Waals surface area contributed by atoms with Crippen LogP contribution in [0.1, 0.15) is 42.7 Å². The van der Waals surface area contributed by atoms with E-state index in [0.29, 0.717) is 17.3 Å². The van der Waals surface area contributed by atoms with Crippen LogP contribution >= 0.6 is 19.5 Å². The van der Waals surface area contributed by atoms with Gasteiger partial charge in [0.15, 0.2) is 6.23 Å². The summed E-state index contributed by atoms with van der Waals surface area (Å²) in [5.74, 6) is -1.67. The van der Waals surface area contributed by atoms with Gasteiger partial charge in [0.2, 0.25) is 0 Å². The first-order valence-corrected chi connectivity index (χ1v) is 20.9. The van der Waals surface area contributed by atoms with Gasteiger partial charge in [-0.05, 0) is 76.6 Å². The second-order valence-corrected chi connectivity index (χ2v) is 16.6. The molecule has 5 aromatic rings. The minimum Gasteiger partial charge on any atom is -0.497 e. The fraction of sp³-hybridized carbons (Fsp3) is 0.293. The van der Waals surface area contributed by atoms with E-state index < -0.39 is 54.5 Å². The average molecular weight is 833 g/mol. The lowest BCUT2D eigenvalue weighted by molar-refractivity contribution is -0.204. The van der Waals surface area contributed by atoms with Crippen molar-refractivity contribution in [2.75, 3.05) is 31.9 Å². The number of benzene rings is 4. The van der Waals surface area contributed by atoms with Crippen LogP contribution in [0.4, 0.5) is 10.2 Å². The molecule has 17 heteroatoms. The number of aliphatic hydroxyl groups is 1. The number of ether oxygens (including phenoxy) is 3. The molecule has 2 saturated heterocycles. The van der Waals surface area contributed by atoms with Crippen molar-refractivity contribution in [2.24, 2.45) is 0 Å². The summed E-state index contributed by atoms with van der Waals surface area (Å²) in [5.41, 5.74) is 0.543. The molecular formula is C41H42FN4O10PS. The average Bonchev–Trinajstić information content (AvgIpc) is 3.48. The Kier molecular flexibility index (Phi) is 12.0. The number of carbonyl (C=O) groups excluding carboxylic acids is 1. The van der Waals surface area contributed by atoms with Gasteiger partial charge in [-0.3, -0.25) is 13.9 Å². The minimum absolute atomic E-state index is 0.0668. The highest BCUT2D eigenvalue weighted by molar-refractivity contribution is 8.02. The van der Waals surface area contributed by atoms with E-state index in [1.807, 2.05) is 84.1 Å². The number of nitrogens with one attached hydrogen (secondary N) is 2. The molecule has 304 valence electrons. The standard InChI is InChI=1S/C41H42FN4O10PS/c1-4-35(47)55-45-57(50,56-33-13-9-6-10-14-33)53-27-40(42)36(48)39(24-26-58-39)37(54-40)46-25-23-34(43-38(46)49)44-41(28-11-7-5-8-12-28,29-15-19-31(51-2)20-16-29)30-17-21-32(52-3)22-18-30/h5-23,25,36-37,48H,4,24,26-27H2,1-3H3,(H,45,50)(H,43,44,49)/t36-,37+,39+,40+,57?/m0/s1. The number of hydrogen-bond acceptors (Lipinski definition) is 13. The lowest BCUT2D eigenvalue weighted by atomic mass is 9.77. The van der Waals surface area contributed by atoms with E-state index in [1.54, 1.807) is 38.5 Å². The number of aliphatic hydroxyl groups excluding tert-OH is 1. The number of hydrogen-bond donors (Lipinski definition) is 3. The third kappa shape index (κ3) is 7.95. The Morgan fingerprint density at radius 1 is 0.931 bits per heavy atom. The van der Waals surface area contributed by atoms with E-state index in [9.17, 15) is 19.3 Å². The molecule has 0 amide bonds. The van der Waals surface area contributed by atoms with Crippen molar-refractivity contribution in [3.05, 3.63) is 149 Å². The Morgan fingerprint density at radius 2 is 1.50 bits per heavy atom.